The lowest BCUT2D eigenvalue weighted by atomic mass is 9.99. The Labute approximate surface area is 129 Å². The summed E-state index contributed by atoms with van der Waals surface area (Å²) in [6.45, 7) is 4.77. The first-order chi connectivity index (χ1) is 10.5. The Kier molecular flexibility index (Phi) is 5.74. The molecule has 0 aliphatic carbocycles. The molecule has 2 rings (SSSR count). The summed E-state index contributed by atoms with van der Waals surface area (Å²) in [5, 5.41) is 22.1. The first kappa shape index (κ1) is 16.7. The third-order valence-corrected chi connectivity index (χ3v) is 4.05. The largest absolute Gasteiger partial charge is 0.507 e. The molecule has 0 saturated carbocycles. The van der Waals surface area contributed by atoms with Crippen LogP contribution in [0.4, 0.5) is 4.39 Å². The number of likely N-dealkylation sites (tertiary alicyclic amines) is 1. The van der Waals surface area contributed by atoms with Gasteiger partial charge < -0.3 is 20.4 Å². The van der Waals surface area contributed by atoms with Crippen LogP contribution in [0.1, 0.15) is 30.1 Å². The van der Waals surface area contributed by atoms with E-state index in [0.29, 0.717) is 6.54 Å². The summed E-state index contributed by atoms with van der Waals surface area (Å²) in [6.07, 6.45) is 1.59. The summed E-state index contributed by atoms with van der Waals surface area (Å²) in [5.41, 5.74) is 0.000368. The van der Waals surface area contributed by atoms with E-state index >= 15 is 0 Å². The van der Waals surface area contributed by atoms with E-state index in [0.717, 1.165) is 44.0 Å². The molecular weight excluding hydrogens is 287 g/mol. The summed E-state index contributed by atoms with van der Waals surface area (Å²) >= 11 is 0. The van der Waals surface area contributed by atoms with Gasteiger partial charge in [-0.2, -0.15) is 0 Å². The molecule has 0 radical (unpaired) electrons. The van der Waals surface area contributed by atoms with Gasteiger partial charge >= 0.3 is 0 Å². The number of carbonyl (C=O) groups excluding carboxylic acids is 1. The summed E-state index contributed by atoms with van der Waals surface area (Å²) in [5.74, 6) is -0.802. The minimum Gasteiger partial charge on any atom is -0.507 e. The molecule has 0 aromatic heterocycles. The van der Waals surface area contributed by atoms with E-state index in [1.54, 1.807) is 0 Å². The van der Waals surface area contributed by atoms with Gasteiger partial charge in [0.1, 0.15) is 11.6 Å². The predicted molar refractivity (Wildman–Crippen MR) is 81.2 cm³/mol. The van der Waals surface area contributed by atoms with Crippen LogP contribution in [0.5, 0.6) is 5.75 Å². The average Bonchev–Trinajstić information content (AvgIpc) is 2.47. The number of β-amino-alcohol motifs (C(OH)–C–C–N with tert-alkyl or cyclic N) is 1. The minimum atomic E-state index is -0.667. The second-order valence-electron chi connectivity index (χ2n) is 6.01. The number of phenols is 1. The summed E-state index contributed by atoms with van der Waals surface area (Å²) in [4.78, 5) is 14.1. The quantitative estimate of drug-likeness (QED) is 0.768. The van der Waals surface area contributed by atoms with Crippen LogP contribution in [0.3, 0.4) is 0 Å². The Morgan fingerprint density at radius 1 is 1.45 bits per heavy atom. The van der Waals surface area contributed by atoms with Gasteiger partial charge in [0.2, 0.25) is 0 Å². The number of aliphatic hydroxyl groups excluding tert-OH is 1. The van der Waals surface area contributed by atoms with E-state index in [-0.39, 0.29) is 12.1 Å². The van der Waals surface area contributed by atoms with Gasteiger partial charge in [-0.25, -0.2) is 4.39 Å². The highest BCUT2D eigenvalue weighted by Crippen LogP contribution is 2.18. The van der Waals surface area contributed by atoms with Gasteiger partial charge in [0, 0.05) is 19.2 Å². The normalized spacial score (nSPS) is 18.1. The number of benzene rings is 1. The van der Waals surface area contributed by atoms with Crippen molar-refractivity contribution >= 4 is 5.91 Å². The van der Waals surface area contributed by atoms with Crippen LogP contribution >= 0.6 is 0 Å². The third-order valence-electron chi connectivity index (χ3n) is 4.05. The van der Waals surface area contributed by atoms with Crippen molar-refractivity contribution in [1.29, 1.82) is 0 Å². The van der Waals surface area contributed by atoms with Crippen LogP contribution < -0.4 is 5.32 Å². The number of phenolic OH excluding ortho intramolecular Hbond substituents is 1. The number of aliphatic hydroxyl groups is 1. The van der Waals surface area contributed by atoms with Crippen molar-refractivity contribution < 1.29 is 19.4 Å². The highest BCUT2D eigenvalue weighted by Gasteiger charge is 2.19. The fourth-order valence-electron chi connectivity index (χ4n) is 2.61. The van der Waals surface area contributed by atoms with Gasteiger partial charge in [-0.15, -0.1) is 0 Å². The molecule has 0 spiro atoms. The number of piperidine rings is 1. The fourth-order valence-corrected chi connectivity index (χ4v) is 2.61. The van der Waals surface area contributed by atoms with E-state index < -0.39 is 23.6 Å². The van der Waals surface area contributed by atoms with Crippen molar-refractivity contribution in [2.75, 3.05) is 26.2 Å². The molecule has 1 aliphatic rings. The van der Waals surface area contributed by atoms with E-state index in [1.807, 2.05) is 0 Å². The molecule has 1 atom stereocenters. The van der Waals surface area contributed by atoms with Crippen molar-refractivity contribution in [2.24, 2.45) is 5.92 Å². The van der Waals surface area contributed by atoms with Crippen LogP contribution in [-0.4, -0.2) is 53.3 Å². The monoisotopic (exact) mass is 310 g/mol. The molecule has 1 aromatic carbocycles. The Morgan fingerprint density at radius 3 is 2.77 bits per heavy atom. The molecular formula is C16H23FN2O3. The molecule has 6 heteroatoms. The van der Waals surface area contributed by atoms with Crippen molar-refractivity contribution in [3.63, 3.8) is 0 Å². The molecule has 1 aliphatic heterocycles. The smallest absolute Gasteiger partial charge is 0.255 e. The van der Waals surface area contributed by atoms with Crippen LogP contribution in [-0.2, 0) is 0 Å². The average molecular weight is 310 g/mol. The number of nitrogens with one attached hydrogen (secondary N) is 1. The van der Waals surface area contributed by atoms with Gasteiger partial charge in [-0.05, 0) is 44.0 Å². The van der Waals surface area contributed by atoms with Crippen LogP contribution in [0.15, 0.2) is 18.2 Å². The van der Waals surface area contributed by atoms with Crippen molar-refractivity contribution in [2.45, 2.75) is 25.9 Å². The molecule has 1 heterocycles. The summed E-state index contributed by atoms with van der Waals surface area (Å²) in [6, 6.07) is 3.22. The number of halogens is 1. The molecule has 122 valence electrons. The third kappa shape index (κ3) is 4.68. The van der Waals surface area contributed by atoms with Crippen molar-refractivity contribution in [3.8, 4) is 5.75 Å². The number of hydrogen-bond acceptors (Lipinski definition) is 4. The van der Waals surface area contributed by atoms with Crippen LogP contribution in [0.25, 0.3) is 0 Å². The molecule has 3 N–H and O–H groups in total. The zero-order chi connectivity index (χ0) is 16.1. The lowest BCUT2D eigenvalue weighted by Gasteiger charge is -2.31. The molecule has 1 saturated heterocycles. The molecule has 1 amide bonds. The molecule has 0 bridgehead atoms. The first-order valence-corrected chi connectivity index (χ1v) is 7.63. The number of rotatable bonds is 5. The van der Waals surface area contributed by atoms with Crippen LogP contribution in [0.2, 0.25) is 0 Å². The second kappa shape index (κ2) is 7.56. The standard InChI is InChI=1S/C16H23FN2O3/c1-11-4-6-19(7-5-11)10-13(20)9-18-16(22)14-3-2-12(17)8-15(14)21/h2-3,8,11,13,20-21H,4-7,9-10H2,1H3,(H,18,22). The van der Waals surface area contributed by atoms with E-state index in [4.69, 9.17) is 0 Å². The fraction of sp³-hybridized carbons (Fsp3) is 0.562. The lowest BCUT2D eigenvalue weighted by molar-refractivity contribution is 0.0794. The molecule has 22 heavy (non-hydrogen) atoms. The number of aromatic hydroxyl groups is 1. The zero-order valence-corrected chi connectivity index (χ0v) is 12.8. The van der Waals surface area contributed by atoms with E-state index in [9.17, 15) is 19.4 Å². The Morgan fingerprint density at radius 2 is 2.14 bits per heavy atom. The highest BCUT2D eigenvalue weighted by atomic mass is 19.1. The van der Waals surface area contributed by atoms with Gasteiger partial charge in [-0.3, -0.25) is 4.79 Å². The van der Waals surface area contributed by atoms with Crippen LogP contribution in [0, 0.1) is 11.7 Å². The maximum Gasteiger partial charge on any atom is 0.255 e. The Bertz CT molecular complexity index is 516. The SMILES string of the molecule is CC1CCN(CC(O)CNC(=O)c2ccc(F)cc2O)CC1. The van der Waals surface area contributed by atoms with Gasteiger partial charge in [-0.1, -0.05) is 6.92 Å². The zero-order valence-electron chi connectivity index (χ0n) is 12.8. The van der Waals surface area contributed by atoms with Crippen molar-refractivity contribution in [1.82, 2.24) is 10.2 Å². The number of carbonyl (C=O) groups is 1. The van der Waals surface area contributed by atoms with Gasteiger partial charge in [0.15, 0.2) is 0 Å². The Balaban J connectivity index is 1.78. The maximum absolute atomic E-state index is 12.9. The second-order valence-corrected chi connectivity index (χ2v) is 6.01. The lowest BCUT2D eigenvalue weighted by Crippen LogP contribution is -2.43. The minimum absolute atomic E-state index is 0.000368. The summed E-state index contributed by atoms with van der Waals surface area (Å²) in [7, 11) is 0. The van der Waals surface area contributed by atoms with Gasteiger partial charge in [0.05, 0.1) is 11.7 Å². The van der Waals surface area contributed by atoms with Gasteiger partial charge in [0.25, 0.3) is 5.91 Å². The molecule has 5 nitrogen and oxygen atoms in total. The Hall–Kier alpha value is -1.66. The molecule has 1 unspecified atom stereocenters. The van der Waals surface area contributed by atoms with Crippen molar-refractivity contribution in [3.05, 3.63) is 29.6 Å². The highest BCUT2D eigenvalue weighted by molar-refractivity contribution is 5.96. The predicted octanol–water partition coefficient (Wildman–Crippen LogP) is 1.35. The topological polar surface area (TPSA) is 72.8 Å². The maximum atomic E-state index is 12.9. The number of hydrogen-bond donors (Lipinski definition) is 3. The first-order valence-electron chi connectivity index (χ1n) is 7.63. The van der Waals surface area contributed by atoms with E-state index in [2.05, 4.69) is 17.1 Å². The summed E-state index contributed by atoms with van der Waals surface area (Å²) < 4.78 is 12.9. The molecule has 1 fully saturated rings. The number of nitrogens with zero attached hydrogens (tertiary/aromatic N) is 1. The number of amides is 1. The van der Waals surface area contributed by atoms with E-state index in [1.165, 1.54) is 6.07 Å². The molecule has 1 aromatic rings.